The lowest BCUT2D eigenvalue weighted by Gasteiger charge is -2.44. The van der Waals surface area contributed by atoms with E-state index in [0.29, 0.717) is 13.2 Å². The Bertz CT molecular complexity index is 1560. The van der Waals surface area contributed by atoms with Crippen LogP contribution in [0.4, 0.5) is 0 Å². The van der Waals surface area contributed by atoms with Crippen molar-refractivity contribution in [2.24, 2.45) is 10.2 Å². The number of carbonyl (C=O) groups excluding carboxylic acids is 5. The van der Waals surface area contributed by atoms with Crippen molar-refractivity contribution in [3.63, 3.8) is 0 Å². The molecule has 0 bridgehead atoms. The summed E-state index contributed by atoms with van der Waals surface area (Å²) in [4.78, 5) is 63.0. The van der Waals surface area contributed by atoms with Crippen molar-refractivity contribution < 1.29 is 66.6 Å². The molecule has 56 heavy (non-hydrogen) atoms. The number of amides is 2. The van der Waals surface area contributed by atoms with Gasteiger partial charge in [-0.25, -0.2) is 0 Å². The molecule has 2 aliphatic heterocycles. The molecule has 2 amide bonds. The van der Waals surface area contributed by atoms with E-state index in [-0.39, 0.29) is 19.8 Å². The molecular formula is C34H50N8O14. The van der Waals surface area contributed by atoms with E-state index in [1.165, 1.54) is 34.6 Å². The average Bonchev–Trinajstić information content (AvgIpc) is 3.12. The molecule has 0 aromatic heterocycles. The van der Waals surface area contributed by atoms with Gasteiger partial charge in [0.05, 0.1) is 20.3 Å². The van der Waals surface area contributed by atoms with E-state index >= 15 is 0 Å². The second-order valence-corrected chi connectivity index (χ2v) is 12.1. The largest absolute Gasteiger partial charge is 0.497 e. The average molecular weight is 795 g/mol. The fraction of sp³-hybridized carbons (Fsp3) is 0.676. The summed E-state index contributed by atoms with van der Waals surface area (Å²) in [6.07, 6.45) is -7.34. The van der Waals surface area contributed by atoms with Gasteiger partial charge in [0.15, 0.2) is 24.7 Å². The highest BCUT2D eigenvalue weighted by Crippen LogP contribution is 2.29. The Kier molecular flexibility index (Phi) is 20.4. The lowest BCUT2D eigenvalue weighted by molar-refractivity contribution is -0.223. The van der Waals surface area contributed by atoms with Crippen molar-refractivity contribution in [3.05, 3.63) is 50.7 Å². The number of nitrogens with one attached hydrogen (secondary N) is 2. The van der Waals surface area contributed by atoms with Crippen LogP contribution in [-0.2, 0) is 68.5 Å². The third kappa shape index (κ3) is 15.1. The Labute approximate surface area is 323 Å². The predicted octanol–water partition coefficient (Wildman–Crippen LogP) is 2.51. The van der Waals surface area contributed by atoms with Gasteiger partial charge < -0.3 is 53.3 Å². The zero-order chi connectivity index (χ0) is 41.8. The molecule has 1 aromatic rings. The first-order chi connectivity index (χ1) is 26.7. The third-order valence-electron chi connectivity index (χ3n) is 7.89. The van der Waals surface area contributed by atoms with Crippen LogP contribution in [0, 0.1) is 0 Å². The van der Waals surface area contributed by atoms with E-state index in [0.717, 1.165) is 11.3 Å². The van der Waals surface area contributed by atoms with Crippen molar-refractivity contribution in [1.29, 1.82) is 0 Å². The van der Waals surface area contributed by atoms with Gasteiger partial charge in [0, 0.05) is 57.7 Å². The highest BCUT2D eigenvalue weighted by molar-refractivity contribution is 5.74. The number of benzene rings is 1. The molecule has 0 saturated carbocycles. The summed E-state index contributed by atoms with van der Waals surface area (Å²) in [6.45, 7) is 10.5. The van der Waals surface area contributed by atoms with Gasteiger partial charge in [-0.3, -0.25) is 24.0 Å². The van der Waals surface area contributed by atoms with Gasteiger partial charge in [0.25, 0.3) is 0 Å². The normalized spacial score (nSPS) is 26.6. The second-order valence-electron chi connectivity index (χ2n) is 12.1. The monoisotopic (exact) mass is 794 g/mol. The van der Waals surface area contributed by atoms with E-state index in [2.05, 4.69) is 30.7 Å². The number of hydrogen-bond donors (Lipinski definition) is 2. The van der Waals surface area contributed by atoms with Crippen LogP contribution in [0.3, 0.4) is 0 Å². The van der Waals surface area contributed by atoms with Crippen molar-refractivity contribution in [1.82, 2.24) is 10.6 Å². The molecule has 0 aliphatic carbocycles. The Morgan fingerprint density at radius 2 is 1.14 bits per heavy atom. The molecule has 0 spiro atoms. The first kappa shape index (κ1) is 46.9. The lowest BCUT2D eigenvalue weighted by Crippen LogP contribution is -2.65. The first-order valence-electron chi connectivity index (χ1n) is 17.5. The summed E-state index contributed by atoms with van der Waals surface area (Å²) in [5, 5.41) is 12.3. The van der Waals surface area contributed by atoms with E-state index in [1.54, 1.807) is 21.0 Å². The van der Waals surface area contributed by atoms with Crippen LogP contribution < -0.4 is 15.4 Å². The van der Waals surface area contributed by atoms with Gasteiger partial charge in [-0.15, -0.1) is 0 Å². The van der Waals surface area contributed by atoms with Gasteiger partial charge in [-0.05, 0) is 42.6 Å². The number of rotatable bonds is 17. The Balaban J connectivity index is 0.000000396. The second kappa shape index (κ2) is 24.3. The van der Waals surface area contributed by atoms with Crippen LogP contribution in [0.25, 0.3) is 20.9 Å². The predicted molar refractivity (Wildman–Crippen MR) is 192 cm³/mol. The summed E-state index contributed by atoms with van der Waals surface area (Å²) in [5.41, 5.74) is 18.6. The lowest BCUT2D eigenvalue weighted by atomic mass is 9.95. The molecule has 2 fully saturated rings. The molecule has 2 heterocycles. The highest BCUT2D eigenvalue weighted by atomic mass is 16.6. The number of methoxy groups -OCH3 is 1. The molecule has 22 heteroatoms. The Morgan fingerprint density at radius 3 is 1.50 bits per heavy atom. The maximum absolute atomic E-state index is 11.7. The number of ether oxygens (including phenoxy) is 9. The quantitative estimate of drug-likeness (QED) is 0.0753. The van der Waals surface area contributed by atoms with Crippen LogP contribution >= 0.6 is 0 Å². The van der Waals surface area contributed by atoms with E-state index in [9.17, 15) is 24.0 Å². The van der Waals surface area contributed by atoms with Crippen LogP contribution in [0.5, 0.6) is 5.75 Å². The molecule has 0 radical (unpaired) electrons. The van der Waals surface area contributed by atoms with Crippen molar-refractivity contribution in [3.8, 4) is 5.75 Å². The van der Waals surface area contributed by atoms with Crippen LogP contribution in [0.15, 0.2) is 34.5 Å². The van der Waals surface area contributed by atoms with Gasteiger partial charge in [0.1, 0.15) is 48.9 Å². The van der Waals surface area contributed by atoms with Crippen LogP contribution in [-0.4, -0.2) is 124 Å². The van der Waals surface area contributed by atoms with Gasteiger partial charge in [0.2, 0.25) is 11.8 Å². The summed E-state index contributed by atoms with van der Waals surface area (Å²) >= 11 is 0. The standard InChI is InChI=1S/C20H28N4O7.C14H22N4O7/c1-5-29-18-16(11-28-10-14-6-8-15(27-4)9-7-14)31-20(23-24-21)17(22-12(2)25)19(18)30-13(3)26;1-5-22-12-10(6-23-8(3)20)25-14(17-18-15)11(16-7(2)19)13(12)24-9(4)21/h6-9,16-20H,5,10-11H2,1-4H3,(H,22,25);10-14H,5-6H2,1-4H3,(H,16,19)/t16?,17?,18-,19-,20-;10?,11?,12-,13+,14-/m11/s1. The molecule has 10 atom stereocenters. The first-order valence-corrected chi connectivity index (χ1v) is 17.5. The summed E-state index contributed by atoms with van der Waals surface area (Å²) in [7, 11) is 1.59. The fourth-order valence-electron chi connectivity index (χ4n) is 5.85. The maximum atomic E-state index is 11.7. The van der Waals surface area contributed by atoms with Crippen molar-refractivity contribution in [2.45, 2.75) is 116 Å². The van der Waals surface area contributed by atoms with E-state index in [1.807, 2.05) is 24.3 Å². The smallest absolute Gasteiger partial charge is 0.303 e. The van der Waals surface area contributed by atoms with E-state index in [4.69, 9.17) is 53.7 Å². The molecule has 2 saturated heterocycles. The summed E-state index contributed by atoms with van der Waals surface area (Å²) in [5.74, 6) is -1.80. The molecule has 310 valence electrons. The highest BCUT2D eigenvalue weighted by Gasteiger charge is 2.50. The molecule has 3 rings (SSSR count). The number of azide groups is 2. The zero-order valence-electron chi connectivity index (χ0n) is 32.5. The minimum Gasteiger partial charge on any atom is -0.497 e. The van der Waals surface area contributed by atoms with Gasteiger partial charge in [-0.1, -0.05) is 22.4 Å². The molecule has 22 nitrogen and oxygen atoms in total. The Hall–Kier alpha value is -5.21. The summed E-state index contributed by atoms with van der Waals surface area (Å²) in [6, 6.07) is 5.53. The number of nitrogens with zero attached hydrogens (tertiary/aromatic N) is 6. The molecule has 1 aromatic carbocycles. The van der Waals surface area contributed by atoms with Crippen LogP contribution in [0.2, 0.25) is 0 Å². The number of hydrogen-bond acceptors (Lipinski definition) is 16. The molecular weight excluding hydrogens is 744 g/mol. The van der Waals surface area contributed by atoms with Crippen molar-refractivity contribution in [2.75, 3.05) is 33.5 Å². The molecule has 4 unspecified atom stereocenters. The SMILES string of the molecule is CCO[C@@H]1C(COC(C)=O)O[C@@H](N=[N+]=[N-])C(NC(C)=O)[C@@H]1OC(C)=O.CCO[C@@H]1C(COCc2ccc(OC)cc2)O[C@@H](N=[N+]=[N-])C(NC(C)=O)[C@H]1OC(C)=O. The molecule has 2 aliphatic rings. The van der Waals surface area contributed by atoms with Crippen molar-refractivity contribution >= 4 is 29.7 Å². The Morgan fingerprint density at radius 1 is 0.696 bits per heavy atom. The number of carbonyl (C=O) groups is 5. The van der Waals surface area contributed by atoms with Gasteiger partial charge in [-0.2, -0.15) is 0 Å². The minimum atomic E-state index is -1.17. The van der Waals surface area contributed by atoms with E-state index < -0.39 is 90.9 Å². The van der Waals surface area contributed by atoms with Gasteiger partial charge >= 0.3 is 17.9 Å². The topological polar surface area (TPSA) is 290 Å². The summed E-state index contributed by atoms with van der Waals surface area (Å²) < 4.78 is 49.6. The minimum absolute atomic E-state index is 0.0820. The number of esters is 3. The van der Waals surface area contributed by atoms with Crippen LogP contribution in [0.1, 0.15) is 54.0 Å². The fourth-order valence-corrected chi connectivity index (χ4v) is 5.85. The maximum Gasteiger partial charge on any atom is 0.303 e. The third-order valence-corrected chi connectivity index (χ3v) is 7.89. The zero-order valence-corrected chi connectivity index (χ0v) is 32.5. The molecule has 2 N–H and O–H groups in total.